The first-order valence-corrected chi connectivity index (χ1v) is 16.8. The Bertz CT molecular complexity index is 1300. The minimum absolute atomic E-state index is 0.0108. The van der Waals surface area contributed by atoms with Crippen LogP contribution < -0.4 is 21.7 Å². The van der Waals surface area contributed by atoms with Crippen LogP contribution in [0.4, 0.5) is 4.79 Å². The normalized spacial score (nSPS) is 21.9. The van der Waals surface area contributed by atoms with Crippen LogP contribution in [-0.2, 0) is 19.2 Å². The number of rotatable bonds is 14. The summed E-state index contributed by atoms with van der Waals surface area (Å²) < 4.78 is 0. The molecule has 1 aliphatic heterocycles. The third kappa shape index (κ3) is 8.53. The largest absolute Gasteiger partial charge is 0.363 e. The Morgan fingerprint density at radius 1 is 0.913 bits per heavy atom. The number of likely N-dealkylation sites (tertiary alicyclic amines) is 1. The lowest BCUT2D eigenvalue weighted by molar-refractivity contribution is -0.144. The van der Waals surface area contributed by atoms with Crippen LogP contribution in [0, 0.1) is 29.1 Å². The summed E-state index contributed by atoms with van der Waals surface area (Å²) in [7, 11) is 0. The van der Waals surface area contributed by atoms with Crippen molar-refractivity contribution in [1.29, 1.82) is 0 Å². The molecule has 46 heavy (non-hydrogen) atoms. The van der Waals surface area contributed by atoms with Gasteiger partial charge in [-0.15, -0.1) is 0 Å². The van der Waals surface area contributed by atoms with Gasteiger partial charge in [-0.2, -0.15) is 0 Å². The summed E-state index contributed by atoms with van der Waals surface area (Å²) >= 11 is 0. The van der Waals surface area contributed by atoms with Crippen molar-refractivity contribution in [2.24, 2.45) is 34.8 Å². The quantitative estimate of drug-likeness (QED) is 0.180. The average molecular weight is 638 g/mol. The van der Waals surface area contributed by atoms with Gasteiger partial charge in [0.25, 0.3) is 5.91 Å². The fourth-order valence-electron chi connectivity index (χ4n) is 6.69. The monoisotopic (exact) mass is 637 g/mol. The van der Waals surface area contributed by atoms with E-state index in [4.69, 9.17) is 5.73 Å². The molecular formula is C35H51N5O6. The van der Waals surface area contributed by atoms with Gasteiger partial charge in [0.1, 0.15) is 12.1 Å². The molecule has 3 aliphatic rings. The molecule has 5 amide bonds. The second-order valence-corrected chi connectivity index (χ2v) is 14.8. The highest BCUT2D eigenvalue weighted by Gasteiger charge is 2.48. The first-order valence-electron chi connectivity index (χ1n) is 16.8. The number of nitrogens with one attached hydrogen (secondary N) is 3. The van der Waals surface area contributed by atoms with E-state index in [0.29, 0.717) is 37.3 Å². The van der Waals surface area contributed by atoms with E-state index < -0.39 is 59.1 Å². The zero-order valence-corrected chi connectivity index (χ0v) is 27.8. The van der Waals surface area contributed by atoms with Gasteiger partial charge in [0.2, 0.25) is 17.6 Å². The molecule has 4 rings (SSSR count). The first kappa shape index (κ1) is 35.1. The number of primary amides is 1. The molecule has 1 aromatic rings. The van der Waals surface area contributed by atoms with Gasteiger partial charge in [0, 0.05) is 12.1 Å². The number of urea groups is 1. The van der Waals surface area contributed by atoms with Crippen LogP contribution in [-0.4, -0.2) is 70.9 Å². The van der Waals surface area contributed by atoms with Crippen molar-refractivity contribution < 1.29 is 28.8 Å². The van der Waals surface area contributed by atoms with Crippen LogP contribution in [0.1, 0.15) is 96.3 Å². The van der Waals surface area contributed by atoms with Gasteiger partial charge >= 0.3 is 6.03 Å². The number of hydrogen-bond acceptors (Lipinski definition) is 6. The molecule has 3 fully saturated rings. The highest BCUT2D eigenvalue weighted by Crippen LogP contribution is 2.36. The Labute approximate surface area is 272 Å². The zero-order valence-electron chi connectivity index (χ0n) is 27.8. The zero-order chi connectivity index (χ0) is 33.8. The third-order valence-electron chi connectivity index (χ3n) is 9.93. The summed E-state index contributed by atoms with van der Waals surface area (Å²) in [4.78, 5) is 81.1. The van der Waals surface area contributed by atoms with Gasteiger partial charge in [-0.3, -0.25) is 24.0 Å². The second kappa shape index (κ2) is 14.8. The molecule has 0 bridgehead atoms. The van der Waals surface area contributed by atoms with Gasteiger partial charge < -0.3 is 26.6 Å². The Morgan fingerprint density at radius 3 is 2.09 bits per heavy atom. The number of Topliss-reactive ketones (excluding diaryl/α,β-unsaturated/α-hetero) is 2. The Balaban J connectivity index is 1.52. The lowest BCUT2D eigenvalue weighted by Gasteiger charge is -2.38. The maximum absolute atomic E-state index is 14.3. The van der Waals surface area contributed by atoms with Crippen molar-refractivity contribution in [2.75, 3.05) is 6.54 Å². The molecule has 1 unspecified atom stereocenters. The minimum Gasteiger partial charge on any atom is -0.363 e. The number of nitrogens with zero attached hydrogens (tertiary/aromatic N) is 1. The molecule has 11 heteroatoms. The topological polar surface area (TPSA) is 168 Å². The summed E-state index contributed by atoms with van der Waals surface area (Å²) in [5.41, 5.74) is 5.09. The summed E-state index contributed by atoms with van der Waals surface area (Å²) in [6.45, 7) is 9.75. The van der Waals surface area contributed by atoms with E-state index in [1.165, 1.54) is 4.90 Å². The van der Waals surface area contributed by atoms with E-state index in [1.807, 2.05) is 40.7 Å². The number of carbonyl (C=O) groups excluding carboxylic acids is 6. The molecule has 0 radical (unpaired) electrons. The lowest BCUT2D eigenvalue weighted by Crippen LogP contribution is -2.62. The Morgan fingerprint density at radius 2 is 1.57 bits per heavy atom. The van der Waals surface area contributed by atoms with Crippen LogP contribution in [0.5, 0.6) is 0 Å². The molecule has 1 saturated heterocycles. The summed E-state index contributed by atoms with van der Waals surface area (Å²) in [6.07, 6.45) is 6.32. The smallest absolute Gasteiger partial charge is 0.316 e. The van der Waals surface area contributed by atoms with E-state index >= 15 is 0 Å². The number of benzene rings is 1. The molecule has 252 valence electrons. The van der Waals surface area contributed by atoms with Crippen LogP contribution in [0.15, 0.2) is 30.3 Å². The molecule has 5 N–H and O–H groups in total. The molecule has 1 heterocycles. The number of nitrogens with two attached hydrogens (primary N) is 1. The van der Waals surface area contributed by atoms with Crippen molar-refractivity contribution in [2.45, 2.75) is 110 Å². The number of ketones is 2. The second-order valence-electron chi connectivity index (χ2n) is 14.8. The van der Waals surface area contributed by atoms with Crippen molar-refractivity contribution in [3.63, 3.8) is 0 Å². The number of carbonyl (C=O) groups is 6. The standard InChI is InChI=1S/C35H51N5O6/c1-20(2)24-18-19-40(27(24)32(44)37-25(29(42)31(36)43)17-16-21-14-15-21)33(45)30(35(3,4)5)39-34(46)38-26(22-12-9-13-22)28(41)23-10-7-6-8-11-23/h6-8,10-11,20-22,24-27,30H,9,12-19H2,1-5H3,(H2,36,43)(H,37,44)(H2,38,39,46)/t24-,25?,26+,27+,30-/m1/s1. The molecule has 2 aliphatic carbocycles. The van der Waals surface area contributed by atoms with E-state index in [2.05, 4.69) is 16.0 Å². The minimum atomic E-state index is -1.10. The third-order valence-corrected chi connectivity index (χ3v) is 9.93. The lowest BCUT2D eigenvalue weighted by atomic mass is 9.77. The van der Waals surface area contributed by atoms with Crippen molar-refractivity contribution in [1.82, 2.24) is 20.9 Å². The Hall–Kier alpha value is -3.76. The summed E-state index contributed by atoms with van der Waals surface area (Å²) in [5.74, 6) is -2.71. The fourth-order valence-corrected chi connectivity index (χ4v) is 6.69. The van der Waals surface area contributed by atoms with Gasteiger partial charge in [-0.05, 0) is 61.2 Å². The maximum Gasteiger partial charge on any atom is 0.316 e. The molecule has 0 aromatic heterocycles. The van der Waals surface area contributed by atoms with Crippen LogP contribution in [0.2, 0.25) is 0 Å². The fraction of sp³-hybridized carbons (Fsp3) is 0.657. The summed E-state index contributed by atoms with van der Waals surface area (Å²) in [5, 5.41) is 8.49. The molecule has 0 spiro atoms. The molecule has 1 aromatic carbocycles. The van der Waals surface area contributed by atoms with E-state index in [9.17, 15) is 28.8 Å². The van der Waals surface area contributed by atoms with Gasteiger partial charge in [-0.25, -0.2) is 4.79 Å². The van der Waals surface area contributed by atoms with Crippen molar-refractivity contribution >= 4 is 35.3 Å². The highest BCUT2D eigenvalue weighted by atomic mass is 16.2. The molecule has 2 saturated carbocycles. The van der Waals surface area contributed by atoms with Gasteiger partial charge in [0.15, 0.2) is 5.78 Å². The first-order chi connectivity index (χ1) is 21.7. The van der Waals surface area contributed by atoms with E-state index in [-0.39, 0.29) is 23.5 Å². The number of hydrogen-bond donors (Lipinski definition) is 4. The highest BCUT2D eigenvalue weighted by molar-refractivity contribution is 6.37. The van der Waals surface area contributed by atoms with Crippen LogP contribution in [0.25, 0.3) is 0 Å². The van der Waals surface area contributed by atoms with E-state index in [0.717, 1.165) is 32.1 Å². The predicted molar refractivity (Wildman–Crippen MR) is 173 cm³/mol. The van der Waals surface area contributed by atoms with Crippen molar-refractivity contribution in [3.05, 3.63) is 35.9 Å². The van der Waals surface area contributed by atoms with Gasteiger partial charge in [-0.1, -0.05) is 84.2 Å². The van der Waals surface area contributed by atoms with Crippen LogP contribution >= 0.6 is 0 Å². The van der Waals surface area contributed by atoms with Gasteiger partial charge in [0.05, 0.1) is 12.1 Å². The maximum atomic E-state index is 14.3. The van der Waals surface area contributed by atoms with Crippen LogP contribution in [0.3, 0.4) is 0 Å². The Kier molecular flexibility index (Phi) is 11.3. The van der Waals surface area contributed by atoms with E-state index in [1.54, 1.807) is 24.3 Å². The predicted octanol–water partition coefficient (Wildman–Crippen LogP) is 3.35. The molecular weight excluding hydrogens is 586 g/mol. The SMILES string of the molecule is CC(C)[C@H]1CCN(C(=O)[C@@H](NC(=O)N[C@H](C(=O)c2ccccc2)C2CCC2)C(C)(C)C)[C@@H]1C(=O)NC(CCC1CC1)C(=O)C(N)=O. The molecule has 5 atom stereocenters. The number of amides is 5. The van der Waals surface area contributed by atoms with Crippen molar-refractivity contribution in [3.8, 4) is 0 Å². The summed E-state index contributed by atoms with van der Waals surface area (Å²) in [6, 6.07) is 4.54. The molecule has 11 nitrogen and oxygen atoms in total. The average Bonchev–Trinajstić information content (AvgIpc) is 3.69.